The summed E-state index contributed by atoms with van der Waals surface area (Å²) in [4.78, 5) is 16.6. The van der Waals surface area contributed by atoms with Gasteiger partial charge in [-0.05, 0) is 23.1 Å². The Labute approximate surface area is 141 Å². The molecular weight excluding hydrogens is 353 g/mol. The molecule has 0 saturated carbocycles. The fourth-order valence-electron chi connectivity index (χ4n) is 1.58. The van der Waals surface area contributed by atoms with Crippen LogP contribution in [0.15, 0.2) is 42.0 Å². The number of rotatable bonds is 5. The van der Waals surface area contributed by atoms with E-state index in [0.717, 1.165) is 5.56 Å². The maximum Gasteiger partial charge on any atom is 0.262 e. The van der Waals surface area contributed by atoms with Crippen molar-refractivity contribution in [2.75, 3.05) is 0 Å². The van der Waals surface area contributed by atoms with Crippen molar-refractivity contribution >= 4 is 52.0 Å². The molecule has 0 radical (unpaired) electrons. The van der Waals surface area contributed by atoms with E-state index in [1.54, 1.807) is 24.5 Å². The van der Waals surface area contributed by atoms with Crippen molar-refractivity contribution in [2.24, 2.45) is 0 Å². The lowest BCUT2D eigenvalue weighted by Gasteiger charge is -2.26. The highest BCUT2D eigenvalue weighted by Gasteiger charge is 2.33. The van der Waals surface area contributed by atoms with Crippen molar-refractivity contribution < 1.29 is 4.79 Å². The van der Waals surface area contributed by atoms with E-state index in [9.17, 15) is 4.79 Å². The molecule has 0 aliphatic carbocycles. The largest absolute Gasteiger partial charge is 0.332 e. The predicted molar refractivity (Wildman–Crippen MR) is 86.9 cm³/mol. The summed E-state index contributed by atoms with van der Waals surface area (Å²) in [6.07, 6.45) is 2.55. The van der Waals surface area contributed by atoms with Crippen molar-refractivity contribution in [1.29, 1.82) is 0 Å². The molecular formula is C13H12Cl3N3OS. The normalized spacial score (nSPS) is 12.9. The molecule has 0 saturated heterocycles. The number of nitrogens with one attached hydrogen (secondary N) is 2. The number of carbonyl (C=O) groups excluding carboxylic acids is 1. The molecule has 2 heterocycles. The van der Waals surface area contributed by atoms with E-state index < -0.39 is 9.96 Å². The molecule has 1 atom stereocenters. The molecule has 4 nitrogen and oxygen atoms in total. The molecule has 2 rings (SSSR count). The van der Waals surface area contributed by atoms with E-state index in [1.165, 1.54) is 11.3 Å². The van der Waals surface area contributed by atoms with Gasteiger partial charge in [-0.1, -0.05) is 46.9 Å². The lowest BCUT2D eigenvalue weighted by atomic mass is 10.3. The van der Waals surface area contributed by atoms with E-state index in [4.69, 9.17) is 34.8 Å². The van der Waals surface area contributed by atoms with Crippen LogP contribution in [0.25, 0.3) is 0 Å². The summed E-state index contributed by atoms with van der Waals surface area (Å²) in [6, 6.07) is 7.19. The summed E-state index contributed by atoms with van der Waals surface area (Å²) in [5.41, 5.74) is 0.919. The number of alkyl halides is 3. The minimum absolute atomic E-state index is 0.292. The first-order valence-electron chi connectivity index (χ1n) is 6.00. The topological polar surface area (TPSA) is 54.0 Å². The van der Waals surface area contributed by atoms with Crippen LogP contribution in [0.3, 0.4) is 0 Å². The van der Waals surface area contributed by atoms with Gasteiger partial charge in [0.25, 0.3) is 5.91 Å². The van der Waals surface area contributed by atoms with Gasteiger partial charge in [-0.2, -0.15) is 0 Å². The molecule has 2 aromatic heterocycles. The number of pyridine rings is 1. The fraction of sp³-hybridized carbons (Fsp3) is 0.231. The van der Waals surface area contributed by atoms with Crippen LogP contribution >= 0.6 is 46.1 Å². The summed E-state index contributed by atoms with van der Waals surface area (Å²) in [7, 11) is 0. The molecule has 0 bridgehead atoms. The average molecular weight is 365 g/mol. The van der Waals surface area contributed by atoms with Crippen LogP contribution in [-0.2, 0) is 6.54 Å². The Kier molecular flexibility index (Phi) is 5.84. The van der Waals surface area contributed by atoms with Crippen LogP contribution < -0.4 is 10.6 Å². The van der Waals surface area contributed by atoms with Crippen LogP contribution in [0, 0.1) is 0 Å². The van der Waals surface area contributed by atoms with Crippen molar-refractivity contribution in [2.45, 2.75) is 16.5 Å². The average Bonchev–Trinajstić information content (AvgIpc) is 2.97. The Bertz CT molecular complexity index is 572. The van der Waals surface area contributed by atoms with Crippen molar-refractivity contribution in [3.8, 4) is 0 Å². The number of thiophene rings is 1. The zero-order valence-electron chi connectivity index (χ0n) is 10.7. The van der Waals surface area contributed by atoms with Gasteiger partial charge in [0.05, 0.1) is 4.88 Å². The highest BCUT2D eigenvalue weighted by atomic mass is 35.6. The highest BCUT2D eigenvalue weighted by Crippen LogP contribution is 2.29. The molecule has 2 N–H and O–H groups in total. The Morgan fingerprint density at radius 1 is 1.33 bits per heavy atom. The third-order valence-corrected chi connectivity index (χ3v) is 4.10. The summed E-state index contributed by atoms with van der Waals surface area (Å²) in [5.74, 6) is -0.292. The smallest absolute Gasteiger partial charge is 0.262 e. The highest BCUT2D eigenvalue weighted by molar-refractivity contribution is 7.12. The molecule has 0 unspecified atom stereocenters. The molecule has 2 aromatic rings. The number of nitrogens with zero attached hydrogens (tertiary/aromatic N) is 1. The monoisotopic (exact) mass is 363 g/mol. The van der Waals surface area contributed by atoms with Crippen molar-refractivity contribution in [3.63, 3.8) is 0 Å². The zero-order chi connectivity index (χ0) is 15.3. The Morgan fingerprint density at radius 2 is 2.14 bits per heavy atom. The summed E-state index contributed by atoms with van der Waals surface area (Å²) in [5, 5.41) is 7.49. The molecule has 21 heavy (non-hydrogen) atoms. The number of aromatic nitrogens is 1. The number of halogens is 3. The molecule has 0 spiro atoms. The first-order chi connectivity index (χ1) is 9.97. The van der Waals surface area contributed by atoms with Gasteiger partial charge in [0, 0.05) is 18.9 Å². The second-order valence-corrected chi connectivity index (χ2v) is 7.48. The predicted octanol–water partition coefficient (Wildman–Crippen LogP) is 3.36. The maximum atomic E-state index is 12.0. The van der Waals surface area contributed by atoms with Crippen LogP contribution in [0.1, 0.15) is 15.2 Å². The maximum absolute atomic E-state index is 12.0. The third kappa shape index (κ3) is 5.13. The first-order valence-corrected chi connectivity index (χ1v) is 8.01. The van der Waals surface area contributed by atoms with E-state index in [-0.39, 0.29) is 5.91 Å². The number of hydrogen-bond donors (Lipinski definition) is 2. The number of carbonyl (C=O) groups is 1. The molecule has 0 aromatic carbocycles. The van der Waals surface area contributed by atoms with Crippen LogP contribution in [0.4, 0.5) is 0 Å². The van der Waals surface area contributed by atoms with Gasteiger partial charge >= 0.3 is 0 Å². The third-order valence-electron chi connectivity index (χ3n) is 2.58. The van der Waals surface area contributed by atoms with Gasteiger partial charge in [0.15, 0.2) is 0 Å². The van der Waals surface area contributed by atoms with Gasteiger partial charge in [-0.3, -0.25) is 15.1 Å². The van der Waals surface area contributed by atoms with Gasteiger partial charge in [0.2, 0.25) is 3.79 Å². The molecule has 1 amide bonds. The van der Waals surface area contributed by atoms with Gasteiger partial charge in [-0.25, -0.2) is 0 Å². The lowest BCUT2D eigenvalue weighted by Crippen LogP contribution is -2.52. The minimum Gasteiger partial charge on any atom is -0.332 e. The van der Waals surface area contributed by atoms with Crippen LogP contribution in [0.5, 0.6) is 0 Å². The van der Waals surface area contributed by atoms with Crippen molar-refractivity contribution in [1.82, 2.24) is 15.6 Å². The van der Waals surface area contributed by atoms with Gasteiger partial charge < -0.3 is 5.32 Å². The van der Waals surface area contributed by atoms with E-state index >= 15 is 0 Å². The number of hydrogen-bond acceptors (Lipinski definition) is 4. The summed E-state index contributed by atoms with van der Waals surface area (Å²) < 4.78 is -1.67. The van der Waals surface area contributed by atoms with Crippen LogP contribution in [-0.4, -0.2) is 20.8 Å². The standard InChI is InChI=1S/C13H12Cl3N3OS/c14-13(15,16)12(18-8-9-3-1-5-17-7-9)19-11(20)10-4-2-6-21-10/h1-7,12,18H,8H2,(H,19,20)/t12-/m1/s1. The first kappa shape index (κ1) is 16.5. The SMILES string of the molecule is O=C(N[C@@H](NCc1cccnc1)C(Cl)(Cl)Cl)c1cccs1. The quantitative estimate of drug-likeness (QED) is 0.632. The minimum atomic E-state index is -1.67. The molecule has 8 heteroatoms. The van der Waals surface area contributed by atoms with E-state index in [1.807, 2.05) is 17.5 Å². The Morgan fingerprint density at radius 3 is 2.71 bits per heavy atom. The molecule has 0 fully saturated rings. The number of amides is 1. The second-order valence-electron chi connectivity index (χ2n) is 4.17. The van der Waals surface area contributed by atoms with Crippen LogP contribution in [0.2, 0.25) is 0 Å². The van der Waals surface area contributed by atoms with Gasteiger partial charge in [-0.15, -0.1) is 11.3 Å². The molecule has 0 aliphatic rings. The molecule has 0 aliphatic heterocycles. The van der Waals surface area contributed by atoms with E-state index in [0.29, 0.717) is 11.4 Å². The van der Waals surface area contributed by atoms with Gasteiger partial charge in [0.1, 0.15) is 6.17 Å². The molecule has 112 valence electrons. The van der Waals surface area contributed by atoms with E-state index in [2.05, 4.69) is 15.6 Å². The summed E-state index contributed by atoms with van der Waals surface area (Å²) in [6.45, 7) is 0.414. The Hall–Kier alpha value is -0.850. The second kappa shape index (κ2) is 7.42. The lowest BCUT2D eigenvalue weighted by molar-refractivity contribution is 0.0933. The Balaban J connectivity index is 2.00. The van der Waals surface area contributed by atoms with Crippen molar-refractivity contribution in [3.05, 3.63) is 52.5 Å². The summed E-state index contributed by atoms with van der Waals surface area (Å²) >= 11 is 19.1. The fourth-order valence-corrected chi connectivity index (χ4v) is 2.60. The zero-order valence-corrected chi connectivity index (χ0v) is 13.8.